The van der Waals surface area contributed by atoms with Gasteiger partial charge >= 0.3 is 0 Å². The van der Waals surface area contributed by atoms with Crippen molar-refractivity contribution in [1.82, 2.24) is 5.43 Å². The Morgan fingerprint density at radius 3 is 2.73 bits per heavy atom. The third-order valence-corrected chi connectivity index (χ3v) is 3.51. The molecular formula is C16H15Cl2N3O. The highest BCUT2D eigenvalue weighted by Crippen LogP contribution is 2.19. The first-order valence-electron chi connectivity index (χ1n) is 6.63. The van der Waals surface area contributed by atoms with Crippen LogP contribution in [0.4, 0.5) is 5.69 Å². The number of aryl methyl sites for hydroxylation is 1. The number of hydrogen-bond acceptors (Lipinski definition) is 3. The molecule has 2 N–H and O–H groups in total. The van der Waals surface area contributed by atoms with Crippen LogP contribution < -0.4 is 10.7 Å². The molecule has 0 fully saturated rings. The summed E-state index contributed by atoms with van der Waals surface area (Å²) in [6.07, 6.45) is 1.51. The highest BCUT2D eigenvalue weighted by molar-refractivity contribution is 6.33. The van der Waals surface area contributed by atoms with Gasteiger partial charge in [-0.25, -0.2) is 5.43 Å². The van der Waals surface area contributed by atoms with Gasteiger partial charge in [-0.15, -0.1) is 0 Å². The molecule has 0 aliphatic carbocycles. The minimum Gasteiger partial charge on any atom is -0.376 e. The minimum absolute atomic E-state index is 0.113. The van der Waals surface area contributed by atoms with Gasteiger partial charge < -0.3 is 5.32 Å². The molecule has 6 heteroatoms. The number of hydrazone groups is 1. The number of benzene rings is 2. The summed E-state index contributed by atoms with van der Waals surface area (Å²) in [7, 11) is 0. The maximum absolute atomic E-state index is 11.7. The number of rotatable bonds is 5. The molecular weight excluding hydrogens is 321 g/mol. The van der Waals surface area contributed by atoms with Gasteiger partial charge in [0.05, 0.1) is 12.8 Å². The Morgan fingerprint density at radius 1 is 1.23 bits per heavy atom. The van der Waals surface area contributed by atoms with Crippen molar-refractivity contribution in [3.8, 4) is 0 Å². The summed E-state index contributed by atoms with van der Waals surface area (Å²) in [6.45, 7) is 2.03. The average Bonchev–Trinajstić information content (AvgIpc) is 2.48. The van der Waals surface area contributed by atoms with E-state index in [0.717, 1.165) is 16.8 Å². The minimum atomic E-state index is -0.252. The second-order valence-corrected chi connectivity index (χ2v) is 5.47. The van der Waals surface area contributed by atoms with Crippen LogP contribution in [0.5, 0.6) is 0 Å². The van der Waals surface area contributed by atoms with E-state index in [1.54, 1.807) is 12.1 Å². The molecule has 0 saturated heterocycles. The lowest BCUT2D eigenvalue weighted by Gasteiger charge is -2.08. The number of amides is 1. The topological polar surface area (TPSA) is 53.5 Å². The number of carbonyl (C=O) groups excluding carboxylic acids is 1. The third-order valence-electron chi connectivity index (χ3n) is 2.93. The SMILES string of the molecule is Cc1cc(Cl)ccc1NCC(=O)N/N=C/c1ccccc1Cl. The van der Waals surface area contributed by atoms with Crippen LogP contribution in [-0.2, 0) is 4.79 Å². The monoisotopic (exact) mass is 335 g/mol. The Morgan fingerprint density at radius 2 is 2.00 bits per heavy atom. The molecule has 4 nitrogen and oxygen atoms in total. The van der Waals surface area contributed by atoms with E-state index in [1.807, 2.05) is 37.3 Å². The Kier molecular flexibility index (Phi) is 5.81. The zero-order valence-electron chi connectivity index (χ0n) is 11.9. The number of nitrogens with one attached hydrogen (secondary N) is 2. The van der Waals surface area contributed by atoms with E-state index >= 15 is 0 Å². The summed E-state index contributed by atoms with van der Waals surface area (Å²) in [6, 6.07) is 12.7. The molecule has 0 aliphatic heterocycles. The second kappa shape index (κ2) is 7.82. The summed E-state index contributed by atoms with van der Waals surface area (Å²) < 4.78 is 0. The molecule has 2 aromatic carbocycles. The fourth-order valence-electron chi connectivity index (χ4n) is 1.79. The summed E-state index contributed by atoms with van der Waals surface area (Å²) >= 11 is 11.9. The zero-order chi connectivity index (χ0) is 15.9. The second-order valence-electron chi connectivity index (χ2n) is 4.63. The predicted octanol–water partition coefficient (Wildman–Crippen LogP) is 3.86. The van der Waals surface area contributed by atoms with Gasteiger partial charge in [0.15, 0.2) is 0 Å². The quantitative estimate of drug-likeness (QED) is 0.643. The van der Waals surface area contributed by atoms with Gasteiger partial charge in [-0.05, 0) is 36.8 Å². The molecule has 114 valence electrons. The maximum atomic E-state index is 11.7. The van der Waals surface area contributed by atoms with Gasteiger partial charge in [0, 0.05) is 21.3 Å². The van der Waals surface area contributed by atoms with E-state index in [9.17, 15) is 4.79 Å². The van der Waals surface area contributed by atoms with Gasteiger partial charge in [0.1, 0.15) is 0 Å². The van der Waals surface area contributed by atoms with E-state index in [0.29, 0.717) is 10.0 Å². The van der Waals surface area contributed by atoms with Gasteiger partial charge in [-0.2, -0.15) is 5.10 Å². The van der Waals surface area contributed by atoms with E-state index in [1.165, 1.54) is 6.21 Å². The van der Waals surface area contributed by atoms with Crippen LogP contribution in [0.2, 0.25) is 10.0 Å². The summed E-state index contributed by atoms with van der Waals surface area (Å²) in [5.74, 6) is -0.252. The molecule has 0 unspecified atom stereocenters. The maximum Gasteiger partial charge on any atom is 0.259 e. The highest BCUT2D eigenvalue weighted by atomic mass is 35.5. The van der Waals surface area contributed by atoms with Crippen molar-refractivity contribution in [1.29, 1.82) is 0 Å². The van der Waals surface area contributed by atoms with Crippen molar-refractivity contribution in [2.24, 2.45) is 5.10 Å². The number of nitrogens with zero attached hydrogens (tertiary/aromatic N) is 1. The van der Waals surface area contributed by atoms with Crippen LogP contribution in [0.1, 0.15) is 11.1 Å². The number of halogens is 2. The van der Waals surface area contributed by atoms with Gasteiger partial charge in [0.2, 0.25) is 0 Å². The van der Waals surface area contributed by atoms with E-state index < -0.39 is 0 Å². The molecule has 0 atom stereocenters. The first-order chi connectivity index (χ1) is 10.6. The van der Waals surface area contributed by atoms with Crippen LogP contribution in [0.3, 0.4) is 0 Å². The molecule has 0 aromatic heterocycles. The first-order valence-corrected chi connectivity index (χ1v) is 7.38. The Labute approximate surface area is 139 Å². The van der Waals surface area contributed by atoms with Crippen molar-refractivity contribution >= 4 is 41.0 Å². The molecule has 0 bridgehead atoms. The molecule has 0 spiro atoms. The van der Waals surface area contributed by atoms with Gasteiger partial charge in [-0.3, -0.25) is 4.79 Å². The van der Waals surface area contributed by atoms with Crippen LogP contribution >= 0.6 is 23.2 Å². The Hall–Kier alpha value is -2.04. The molecule has 2 rings (SSSR count). The van der Waals surface area contributed by atoms with Crippen LogP contribution in [-0.4, -0.2) is 18.7 Å². The number of hydrogen-bond donors (Lipinski definition) is 2. The van der Waals surface area contributed by atoms with Gasteiger partial charge in [0.25, 0.3) is 5.91 Å². The highest BCUT2D eigenvalue weighted by Gasteiger charge is 2.02. The van der Waals surface area contributed by atoms with E-state index in [4.69, 9.17) is 23.2 Å². The Bertz CT molecular complexity index is 702. The summed E-state index contributed by atoms with van der Waals surface area (Å²) in [5, 5.41) is 8.15. The lowest BCUT2D eigenvalue weighted by atomic mass is 10.2. The normalized spacial score (nSPS) is 10.7. The first kappa shape index (κ1) is 16.3. The smallest absolute Gasteiger partial charge is 0.259 e. The molecule has 2 aromatic rings. The van der Waals surface area contributed by atoms with E-state index in [-0.39, 0.29) is 12.5 Å². The van der Waals surface area contributed by atoms with Crippen molar-refractivity contribution in [2.75, 3.05) is 11.9 Å². The Balaban J connectivity index is 1.84. The predicted molar refractivity (Wildman–Crippen MR) is 91.9 cm³/mol. The standard InChI is InChI=1S/C16H15Cl2N3O/c1-11-8-13(17)6-7-15(11)19-10-16(22)21-20-9-12-4-2-3-5-14(12)18/h2-9,19H,10H2,1H3,(H,21,22)/b20-9+. The molecule has 0 saturated carbocycles. The van der Waals surface area contributed by atoms with Crippen LogP contribution in [0, 0.1) is 6.92 Å². The van der Waals surface area contributed by atoms with Gasteiger partial charge in [-0.1, -0.05) is 41.4 Å². The van der Waals surface area contributed by atoms with E-state index in [2.05, 4.69) is 15.8 Å². The van der Waals surface area contributed by atoms with Crippen molar-refractivity contribution < 1.29 is 4.79 Å². The zero-order valence-corrected chi connectivity index (χ0v) is 13.4. The number of carbonyl (C=O) groups is 1. The average molecular weight is 336 g/mol. The molecule has 0 aliphatic rings. The largest absolute Gasteiger partial charge is 0.376 e. The number of anilines is 1. The molecule has 0 heterocycles. The molecule has 1 amide bonds. The lowest BCUT2D eigenvalue weighted by molar-refractivity contribution is -0.119. The fraction of sp³-hybridized carbons (Fsp3) is 0.125. The van der Waals surface area contributed by atoms with Crippen molar-refractivity contribution in [2.45, 2.75) is 6.92 Å². The molecule has 0 radical (unpaired) electrons. The summed E-state index contributed by atoms with van der Waals surface area (Å²) in [4.78, 5) is 11.7. The third kappa shape index (κ3) is 4.76. The fourth-order valence-corrected chi connectivity index (χ4v) is 2.21. The van der Waals surface area contributed by atoms with Crippen molar-refractivity contribution in [3.63, 3.8) is 0 Å². The van der Waals surface area contributed by atoms with Crippen LogP contribution in [0.15, 0.2) is 47.6 Å². The van der Waals surface area contributed by atoms with Crippen LogP contribution in [0.25, 0.3) is 0 Å². The molecule has 22 heavy (non-hydrogen) atoms. The summed E-state index contributed by atoms with van der Waals surface area (Å²) in [5.41, 5.74) is 5.01. The lowest BCUT2D eigenvalue weighted by Crippen LogP contribution is -2.26. The van der Waals surface area contributed by atoms with Crippen molar-refractivity contribution in [3.05, 3.63) is 63.6 Å².